The van der Waals surface area contributed by atoms with E-state index in [1.54, 1.807) is 6.92 Å². The smallest absolute Gasteiger partial charge is 0.328 e. The van der Waals surface area contributed by atoms with Gasteiger partial charge < -0.3 is 20.1 Å². The highest BCUT2D eigenvalue weighted by Crippen LogP contribution is 2.14. The van der Waals surface area contributed by atoms with Gasteiger partial charge in [-0.3, -0.25) is 5.32 Å². The normalized spacial score (nSPS) is 14.9. The van der Waals surface area contributed by atoms with Gasteiger partial charge in [0.1, 0.15) is 11.8 Å². The van der Waals surface area contributed by atoms with Gasteiger partial charge in [-0.05, 0) is 13.8 Å². The molecule has 2 unspecified atom stereocenters. The first-order valence-corrected chi connectivity index (χ1v) is 7.18. The summed E-state index contributed by atoms with van der Waals surface area (Å²) in [6.45, 7) is 3.18. The third-order valence-electron chi connectivity index (χ3n) is 2.89. The van der Waals surface area contributed by atoms with Crippen LogP contribution < -0.4 is 10.6 Å². The predicted molar refractivity (Wildman–Crippen MR) is 84.3 cm³/mol. The number of nitrogens with one attached hydrogen (secondary N) is 3. The Morgan fingerprint density at radius 3 is 2.74 bits per heavy atom. The number of imidazole rings is 1. The zero-order valence-corrected chi connectivity index (χ0v) is 13.2. The van der Waals surface area contributed by atoms with E-state index in [0.29, 0.717) is 11.2 Å². The van der Waals surface area contributed by atoms with Crippen molar-refractivity contribution in [3.63, 3.8) is 0 Å². The summed E-state index contributed by atoms with van der Waals surface area (Å²) in [4.78, 5) is 37.9. The van der Waals surface area contributed by atoms with Crippen molar-refractivity contribution in [1.29, 1.82) is 0 Å². The maximum absolute atomic E-state index is 12.0. The van der Waals surface area contributed by atoms with Crippen LogP contribution in [0.15, 0.2) is 12.7 Å². The number of aliphatic carboxylic acids is 1. The van der Waals surface area contributed by atoms with E-state index in [2.05, 4.69) is 43.2 Å². The van der Waals surface area contributed by atoms with Crippen LogP contribution in [-0.2, 0) is 9.53 Å². The summed E-state index contributed by atoms with van der Waals surface area (Å²) in [6.07, 6.45) is 1.87. The van der Waals surface area contributed by atoms with Gasteiger partial charge >= 0.3 is 12.0 Å². The number of anilines is 1. The van der Waals surface area contributed by atoms with Gasteiger partial charge in [-0.25, -0.2) is 24.5 Å². The fourth-order valence-electron chi connectivity index (χ4n) is 1.91. The van der Waals surface area contributed by atoms with Crippen molar-refractivity contribution in [3.8, 4) is 0 Å². The lowest BCUT2D eigenvalue weighted by Gasteiger charge is -2.23. The summed E-state index contributed by atoms with van der Waals surface area (Å²) in [6, 6.07) is -1.99. The highest BCUT2D eigenvalue weighted by molar-refractivity contribution is 7.80. The molecule has 2 heterocycles. The molecule has 0 aliphatic heterocycles. The topological polar surface area (TPSA) is 142 Å². The molecule has 0 aliphatic carbocycles. The Bertz CT molecular complexity index is 706. The van der Waals surface area contributed by atoms with E-state index >= 15 is 0 Å². The van der Waals surface area contributed by atoms with Crippen LogP contribution in [0.4, 0.5) is 10.6 Å². The molecule has 2 aromatic heterocycles. The van der Waals surface area contributed by atoms with Crippen molar-refractivity contribution in [3.05, 3.63) is 12.7 Å². The molecule has 4 N–H and O–H groups in total. The Kier molecular flexibility index (Phi) is 5.34. The molecule has 2 rings (SSSR count). The fraction of sp³-hybridized carbons (Fsp3) is 0.417. The molecule has 3 atom stereocenters. The molecule has 0 aromatic carbocycles. The second-order valence-electron chi connectivity index (χ2n) is 4.68. The first-order valence-electron chi connectivity index (χ1n) is 6.66. The van der Waals surface area contributed by atoms with Crippen molar-refractivity contribution < 1.29 is 19.4 Å². The van der Waals surface area contributed by atoms with Crippen molar-refractivity contribution in [1.82, 2.24) is 25.3 Å². The summed E-state index contributed by atoms with van der Waals surface area (Å²) in [5, 5.41) is 14.0. The third-order valence-corrected chi connectivity index (χ3v) is 3.01. The van der Waals surface area contributed by atoms with Crippen LogP contribution in [0.25, 0.3) is 11.2 Å². The first-order chi connectivity index (χ1) is 10.9. The van der Waals surface area contributed by atoms with Gasteiger partial charge in [0, 0.05) is 0 Å². The number of aromatic amines is 1. The fourth-order valence-corrected chi connectivity index (χ4v) is 2.11. The number of carbonyl (C=O) groups is 2. The number of carboxylic acids is 1. The average molecular weight is 340 g/mol. The number of aromatic nitrogens is 4. The lowest BCUT2D eigenvalue weighted by atomic mass is 10.2. The number of amides is 2. The maximum Gasteiger partial charge on any atom is 0.328 e. The van der Waals surface area contributed by atoms with Crippen LogP contribution in [0.5, 0.6) is 0 Å². The summed E-state index contributed by atoms with van der Waals surface area (Å²) >= 11 is 4.03. The zero-order valence-electron chi connectivity index (χ0n) is 12.3. The second kappa shape index (κ2) is 7.24. The summed E-state index contributed by atoms with van der Waals surface area (Å²) in [5.41, 5.74) is 0.344. The Labute approximate surface area is 136 Å². The summed E-state index contributed by atoms with van der Waals surface area (Å²) in [5.74, 6) is -1.04. The molecule has 0 fully saturated rings. The van der Waals surface area contributed by atoms with E-state index in [1.165, 1.54) is 19.6 Å². The lowest BCUT2D eigenvalue weighted by Crippen LogP contribution is -2.50. The Balaban J connectivity index is 2.07. The molecule has 0 bridgehead atoms. The number of fused-ring (bicyclic) bond motifs is 1. The van der Waals surface area contributed by atoms with Gasteiger partial charge in [-0.15, -0.1) is 12.6 Å². The number of H-pyrrole nitrogens is 1. The SMILES string of the molecule is CC(S)O[C@H](C)C(NC(=O)Nc1ncnc2nc[nH]c12)C(=O)O. The molecule has 2 aromatic rings. The van der Waals surface area contributed by atoms with Gasteiger partial charge in [0.25, 0.3) is 0 Å². The minimum Gasteiger partial charge on any atom is -0.480 e. The van der Waals surface area contributed by atoms with E-state index in [4.69, 9.17) is 4.74 Å². The summed E-state index contributed by atoms with van der Waals surface area (Å²) in [7, 11) is 0. The minimum atomic E-state index is -1.25. The molecule has 124 valence electrons. The molecule has 10 nitrogen and oxygen atoms in total. The van der Waals surface area contributed by atoms with Crippen LogP contribution in [0.3, 0.4) is 0 Å². The highest BCUT2D eigenvalue weighted by Gasteiger charge is 2.28. The van der Waals surface area contributed by atoms with Crippen LogP contribution in [0, 0.1) is 0 Å². The first kappa shape index (κ1) is 17.0. The van der Waals surface area contributed by atoms with E-state index < -0.39 is 29.6 Å². The number of thiol groups is 1. The molecule has 23 heavy (non-hydrogen) atoms. The average Bonchev–Trinajstić information content (AvgIpc) is 2.93. The molecule has 0 saturated heterocycles. The molecular formula is C12H16N6O4S. The number of hydrogen-bond acceptors (Lipinski definition) is 7. The van der Waals surface area contributed by atoms with E-state index in [0.717, 1.165) is 0 Å². The lowest BCUT2D eigenvalue weighted by molar-refractivity contribution is -0.143. The molecule has 0 radical (unpaired) electrons. The van der Waals surface area contributed by atoms with Gasteiger partial charge in [-0.2, -0.15) is 0 Å². The van der Waals surface area contributed by atoms with E-state index in [-0.39, 0.29) is 5.82 Å². The van der Waals surface area contributed by atoms with Crippen LogP contribution in [0.2, 0.25) is 0 Å². The van der Waals surface area contributed by atoms with E-state index in [1.807, 2.05) is 0 Å². The molecule has 0 aliphatic rings. The maximum atomic E-state index is 12.0. The molecule has 0 saturated carbocycles. The minimum absolute atomic E-state index is 0.185. The predicted octanol–water partition coefficient (Wildman–Crippen LogP) is 0.608. The third kappa shape index (κ3) is 4.29. The van der Waals surface area contributed by atoms with Gasteiger partial charge in [0.15, 0.2) is 17.5 Å². The number of carbonyl (C=O) groups excluding carboxylic acids is 1. The Morgan fingerprint density at radius 2 is 2.09 bits per heavy atom. The van der Waals surface area contributed by atoms with Gasteiger partial charge in [-0.1, -0.05) is 0 Å². The Morgan fingerprint density at radius 1 is 1.35 bits per heavy atom. The van der Waals surface area contributed by atoms with Crippen LogP contribution in [0.1, 0.15) is 13.8 Å². The van der Waals surface area contributed by atoms with Gasteiger partial charge in [0.05, 0.1) is 17.9 Å². The number of carboxylic acid groups (broad SMARTS) is 1. The van der Waals surface area contributed by atoms with E-state index in [9.17, 15) is 14.7 Å². The molecular weight excluding hydrogens is 324 g/mol. The number of urea groups is 1. The second-order valence-corrected chi connectivity index (χ2v) is 5.41. The van der Waals surface area contributed by atoms with Crippen LogP contribution >= 0.6 is 12.6 Å². The standard InChI is InChI=1S/C12H16N6O4S/c1-5(22-6(2)23)7(11(19)20)17-12(21)18-10-8-9(14-3-13-8)15-4-16-10/h3-7,23H,1-2H3,(H,19,20)(H3,13,14,15,16,17,18,21)/t5-,6?,7?/m1/s1. The zero-order chi connectivity index (χ0) is 17.0. The number of nitrogens with zero attached hydrogens (tertiary/aromatic N) is 3. The van der Waals surface area contributed by atoms with Gasteiger partial charge in [0.2, 0.25) is 0 Å². The van der Waals surface area contributed by atoms with Crippen LogP contribution in [-0.4, -0.2) is 54.6 Å². The van der Waals surface area contributed by atoms with Crippen molar-refractivity contribution in [2.75, 3.05) is 5.32 Å². The molecule has 11 heteroatoms. The van der Waals surface area contributed by atoms with Crippen molar-refractivity contribution >= 4 is 41.6 Å². The number of hydrogen-bond donors (Lipinski definition) is 5. The Hall–Kier alpha value is -2.40. The molecule has 2 amide bonds. The van der Waals surface area contributed by atoms with Crippen molar-refractivity contribution in [2.45, 2.75) is 31.4 Å². The summed E-state index contributed by atoms with van der Waals surface area (Å²) < 4.78 is 5.28. The monoisotopic (exact) mass is 340 g/mol. The largest absolute Gasteiger partial charge is 0.480 e. The quantitative estimate of drug-likeness (QED) is 0.383. The number of ether oxygens (including phenoxy) is 1. The molecule has 0 spiro atoms. The number of rotatable bonds is 6. The van der Waals surface area contributed by atoms with Crippen molar-refractivity contribution in [2.24, 2.45) is 0 Å². The highest BCUT2D eigenvalue weighted by atomic mass is 32.1.